The van der Waals surface area contributed by atoms with Gasteiger partial charge in [-0.3, -0.25) is 4.79 Å². The van der Waals surface area contributed by atoms with Crippen molar-refractivity contribution in [2.45, 2.75) is 32.6 Å². The normalized spacial score (nSPS) is 22.1. The molecule has 2 N–H and O–H groups in total. The van der Waals surface area contributed by atoms with E-state index in [0.717, 1.165) is 38.8 Å². The second-order valence-corrected chi connectivity index (χ2v) is 3.59. The topological polar surface area (TPSA) is 49.3 Å². The fourth-order valence-electron chi connectivity index (χ4n) is 1.95. The monoisotopic (exact) mass is 171 g/mol. The van der Waals surface area contributed by atoms with Crippen molar-refractivity contribution in [1.82, 2.24) is 5.32 Å². The van der Waals surface area contributed by atoms with Crippen LogP contribution in [-0.2, 0) is 4.79 Å². The molecule has 1 rings (SSSR count). The summed E-state index contributed by atoms with van der Waals surface area (Å²) in [7, 11) is 0. The van der Waals surface area contributed by atoms with E-state index in [-0.39, 0.29) is 0 Å². The average Bonchev–Trinajstić information content (AvgIpc) is 2.06. The number of aliphatic carboxylic acids is 1. The molecule has 1 aliphatic heterocycles. The number of nitrogens with one attached hydrogen (secondary N) is 1. The summed E-state index contributed by atoms with van der Waals surface area (Å²) in [5.74, 6) is -0.606. The molecule has 0 amide bonds. The number of rotatable bonds is 3. The van der Waals surface area contributed by atoms with Gasteiger partial charge in [-0.05, 0) is 32.4 Å². The molecular weight excluding hydrogens is 154 g/mol. The van der Waals surface area contributed by atoms with E-state index >= 15 is 0 Å². The summed E-state index contributed by atoms with van der Waals surface area (Å²) in [5, 5.41) is 12.3. The number of carboxylic acid groups (broad SMARTS) is 1. The SMILES string of the molecule is CCCC1(C(=O)O)CCNCC1. The summed E-state index contributed by atoms with van der Waals surface area (Å²) in [6, 6.07) is 0. The molecule has 0 aromatic rings. The van der Waals surface area contributed by atoms with E-state index in [2.05, 4.69) is 5.32 Å². The van der Waals surface area contributed by atoms with Gasteiger partial charge in [0.15, 0.2) is 0 Å². The van der Waals surface area contributed by atoms with Crippen molar-refractivity contribution in [3.63, 3.8) is 0 Å². The van der Waals surface area contributed by atoms with Crippen molar-refractivity contribution in [1.29, 1.82) is 0 Å². The Balaban J connectivity index is 2.63. The Kier molecular flexibility index (Phi) is 3.09. The van der Waals surface area contributed by atoms with E-state index in [1.54, 1.807) is 0 Å². The van der Waals surface area contributed by atoms with E-state index in [9.17, 15) is 4.79 Å². The molecule has 3 heteroatoms. The third-order valence-corrected chi connectivity index (χ3v) is 2.74. The number of carboxylic acids is 1. The van der Waals surface area contributed by atoms with Crippen molar-refractivity contribution in [3.05, 3.63) is 0 Å². The van der Waals surface area contributed by atoms with E-state index in [4.69, 9.17) is 5.11 Å². The van der Waals surface area contributed by atoms with Crippen LogP contribution in [0.25, 0.3) is 0 Å². The van der Waals surface area contributed by atoms with Crippen LogP contribution in [0, 0.1) is 5.41 Å². The first-order valence-electron chi connectivity index (χ1n) is 4.65. The van der Waals surface area contributed by atoms with Gasteiger partial charge in [-0.15, -0.1) is 0 Å². The van der Waals surface area contributed by atoms with Gasteiger partial charge in [-0.2, -0.15) is 0 Å². The van der Waals surface area contributed by atoms with Crippen molar-refractivity contribution in [3.8, 4) is 0 Å². The minimum absolute atomic E-state index is 0.417. The lowest BCUT2D eigenvalue weighted by molar-refractivity contribution is -0.151. The minimum atomic E-state index is -0.606. The fourth-order valence-corrected chi connectivity index (χ4v) is 1.95. The third-order valence-electron chi connectivity index (χ3n) is 2.74. The predicted molar refractivity (Wildman–Crippen MR) is 47.1 cm³/mol. The summed E-state index contributed by atoms with van der Waals surface area (Å²) < 4.78 is 0. The van der Waals surface area contributed by atoms with E-state index in [1.807, 2.05) is 6.92 Å². The molecular formula is C9H17NO2. The first-order valence-corrected chi connectivity index (χ1v) is 4.65. The Morgan fingerprint density at radius 1 is 1.50 bits per heavy atom. The molecule has 1 fully saturated rings. The molecule has 0 aromatic carbocycles. The zero-order valence-electron chi connectivity index (χ0n) is 7.60. The molecule has 0 radical (unpaired) electrons. The molecule has 0 unspecified atom stereocenters. The van der Waals surface area contributed by atoms with Gasteiger partial charge in [0.2, 0.25) is 0 Å². The summed E-state index contributed by atoms with van der Waals surface area (Å²) in [4.78, 5) is 11.0. The van der Waals surface area contributed by atoms with Crippen molar-refractivity contribution < 1.29 is 9.90 Å². The molecule has 0 atom stereocenters. The highest BCUT2D eigenvalue weighted by Crippen LogP contribution is 2.33. The Labute approximate surface area is 73.2 Å². The zero-order chi connectivity index (χ0) is 9.03. The first-order chi connectivity index (χ1) is 5.71. The van der Waals surface area contributed by atoms with E-state index in [0.29, 0.717) is 0 Å². The van der Waals surface area contributed by atoms with Crippen LogP contribution in [0.4, 0.5) is 0 Å². The Morgan fingerprint density at radius 3 is 2.50 bits per heavy atom. The Morgan fingerprint density at radius 2 is 2.08 bits per heavy atom. The highest BCUT2D eigenvalue weighted by Gasteiger charge is 2.38. The Bertz CT molecular complexity index is 156. The van der Waals surface area contributed by atoms with Gasteiger partial charge in [0.25, 0.3) is 0 Å². The maximum absolute atomic E-state index is 11.0. The molecule has 0 aliphatic carbocycles. The first kappa shape index (κ1) is 9.52. The predicted octanol–water partition coefficient (Wildman–Crippen LogP) is 1.24. The summed E-state index contributed by atoms with van der Waals surface area (Å²) >= 11 is 0. The second kappa shape index (κ2) is 3.90. The maximum Gasteiger partial charge on any atom is 0.309 e. The van der Waals surface area contributed by atoms with Gasteiger partial charge in [-0.25, -0.2) is 0 Å². The quantitative estimate of drug-likeness (QED) is 0.671. The van der Waals surface area contributed by atoms with Crippen molar-refractivity contribution >= 4 is 5.97 Å². The molecule has 1 saturated heterocycles. The van der Waals surface area contributed by atoms with Crippen molar-refractivity contribution in [2.75, 3.05) is 13.1 Å². The highest BCUT2D eigenvalue weighted by atomic mass is 16.4. The van der Waals surface area contributed by atoms with Crippen LogP contribution >= 0.6 is 0 Å². The lowest BCUT2D eigenvalue weighted by atomic mass is 9.75. The zero-order valence-corrected chi connectivity index (χ0v) is 7.60. The average molecular weight is 171 g/mol. The maximum atomic E-state index is 11.0. The van der Waals surface area contributed by atoms with E-state index in [1.165, 1.54) is 0 Å². The molecule has 0 spiro atoms. The standard InChI is InChI=1S/C9H17NO2/c1-2-3-9(8(11)12)4-6-10-7-5-9/h10H,2-7H2,1H3,(H,11,12). The number of hydrogen-bond donors (Lipinski definition) is 2. The van der Waals surface area contributed by atoms with Crippen LogP contribution in [0.2, 0.25) is 0 Å². The van der Waals surface area contributed by atoms with Crippen LogP contribution < -0.4 is 5.32 Å². The van der Waals surface area contributed by atoms with Gasteiger partial charge in [-0.1, -0.05) is 13.3 Å². The highest BCUT2D eigenvalue weighted by molar-refractivity contribution is 5.74. The molecule has 0 aromatic heterocycles. The molecule has 12 heavy (non-hydrogen) atoms. The summed E-state index contributed by atoms with van der Waals surface area (Å²) in [6.45, 7) is 3.76. The van der Waals surface area contributed by atoms with Crippen LogP contribution in [0.1, 0.15) is 32.6 Å². The molecule has 0 saturated carbocycles. The van der Waals surface area contributed by atoms with Gasteiger partial charge in [0.1, 0.15) is 0 Å². The van der Waals surface area contributed by atoms with Crippen LogP contribution in [0.15, 0.2) is 0 Å². The smallest absolute Gasteiger partial charge is 0.309 e. The van der Waals surface area contributed by atoms with Crippen LogP contribution in [-0.4, -0.2) is 24.2 Å². The molecule has 1 heterocycles. The summed E-state index contributed by atoms with van der Waals surface area (Å²) in [5.41, 5.74) is -0.417. The van der Waals surface area contributed by atoms with E-state index < -0.39 is 11.4 Å². The molecule has 1 aliphatic rings. The van der Waals surface area contributed by atoms with Gasteiger partial charge in [0.05, 0.1) is 5.41 Å². The number of piperidine rings is 1. The van der Waals surface area contributed by atoms with Gasteiger partial charge >= 0.3 is 5.97 Å². The van der Waals surface area contributed by atoms with Crippen LogP contribution in [0.3, 0.4) is 0 Å². The second-order valence-electron chi connectivity index (χ2n) is 3.59. The number of hydrogen-bond acceptors (Lipinski definition) is 2. The number of carbonyl (C=O) groups is 1. The lowest BCUT2D eigenvalue weighted by Crippen LogP contribution is -2.42. The lowest BCUT2D eigenvalue weighted by Gasteiger charge is -2.33. The van der Waals surface area contributed by atoms with Gasteiger partial charge < -0.3 is 10.4 Å². The fraction of sp³-hybridized carbons (Fsp3) is 0.889. The largest absolute Gasteiger partial charge is 0.481 e. The molecule has 3 nitrogen and oxygen atoms in total. The van der Waals surface area contributed by atoms with Crippen molar-refractivity contribution in [2.24, 2.45) is 5.41 Å². The third kappa shape index (κ3) is 1.78. The molecule has 0 bridgehead atoms. The van der Waals surface area contributed by atoms with Crippen LogP contribution in [0.5, 0.6) is 0 Å². The van der Waals surface area contributed by atoms with Gasteiger partial charge in [0, 0.05) is 0 Å². The Hall–Kier alpha value is -0.570. The summed E-state index contributed by atoms with van der Waals surface area (Å²) in [6.07, 6.45) is 3.36. The molecule has 70 valence electrons. The minimum Gasteiger partial charge on any atom is -0.481 e.